The van der Waals surface area contributed by atoms with Gasteiger partial charge < -0.3 is 10.3 Å². The Hall–Kier alpha value is -2.88. The van der Waals surface area contributed by atoms with Gasteiger partial charge in [0.25, 0.3) is 0 Å². The van der Waals surface area contributed by atoms with Gasteiger partial charge in [-0.2, -0.15) is 0 Å². The predicted molar refractivity (Wildman–Crippen MR) is 98.9 cm³/mol. The van der Waals surface area contributed by atoms with Gasteiger partial charge in [0.1, 0.15) is 17.1 Å². The fourth-order valence-corrected chi connectivity index (χ4v) is 2.78. The lowest BCUT2D eigenvalue weighted by molar-refractivity contribution is 1.11. The lowest BCUT2D eigenvalue weighted by Crippen LogP contribution is -2.11. The van der Waals surface area contributed by atoms with Gasteiger partial charge in [-0.05, 0) is 62.6 Å². The molecular weight excluding hydrogens is 296 g/mol. The van der Waals surface area contributed by atoms with Crippen LogP contribution in [0.4, 0.5) is 17.3 Å². The van der Waals surface area contributed by atoms with Crippen LogP contribution in [0.2, 0.25) is 0 Å². The van der Waals surface area contributed by atoms with Crippen LogP contribution in [0, 0.1) is 27.7 Å². The van der Waals surface area contributed by atoms with E-state index in [4.69, 9.17) is 4.99 Å². The molecule has 0 unspecified atom stereocenters. The van der Waals surface area contributed by atoms with Gasteiger partial charge in [0.05, 0.1) is 5.69 Å². The summed E-state index contributed by atoms with van der Waals surface area (Å²) in [7, 11) is 0. The van der Waals surface area contributed by atoms with E-state index in [1.807, 2.05) is 31.2 Å². The Morgan fingerprint density at radius 2 is 1.67 bits per heavy atom. The summed E-state index contributed by atoms with van der Waals surface area (Å²) in [4.78, 5) is 12.5. The molecule has 0 amide bonds. The monoisotopic (exact) mass is 318 g/mol. The summed E-state index contributed by atoms with van der Waals surface area (Å²) in [5.74, 6) is 1.70. The molecule has 2 N–H and O–H groups in total. The Kier molecular flexibility index (Phi) is 4.47. The van der Waals surface area contributed by atoms with Crippen LogP contribution in [-0.4, -0.2) is 9.97 Å². The standard InChI is InChI=1S/C20H22N4/c1-13-11-15(3)19(16(4)12-13)22-18-9-8-14(2)20(24-18)23-17-7-5-6-10-21-17/h5-12H,1-4H3,(H2,21,22,23,24). The van der Waals surface area contributed by atoms with Crippen molar-refractivity contribution in [1.29, 1.82) is 0 Å². The smallest absolute Gasteiger partial charge is 0.132 e. The molecule has 0 bridgehead atoms. The summed E-state index contributed by atoms with van der Waals surface area (Å²) in [5.41, 5.74) is 6.56. The molecule has 4 nitrogen and oxygen atoms in total. The first-order valence-corrected chi connectivity index (χ1v) is 8.03. The molecule has 0 radical (unpaired) electrons. The van der Waals surface area contributed by atoms with E-state index in [0.717, 1.165) is 28.4 Å². The summed E-state index contributed by atoms with van der Waals surface area (Å²) < 4.78 is 0. The summed E-state index contributed by atoms with van der Waals surface area (Å²) >= 11 is 0. The summed E-state index contributed by atoms with van der Waals surface area (Å²) in [6.45, 7) is 8.35. The maximum Gasteiger partial charge on any atom is 0.132 e. The second-order valence-electron chi connectivity index (χ2n) is 6.10. The lowest BCUT2D eigenvalue weighted by atomic mass is 10.1. The molecule has 3 rings (SSSR count). The average molecular weight is 318 g/mol. The number of aromatic nitrogens is 2. The molecule has 0 aliphatic rings. The number of hydrogen-bond donors (Lipinski definition) is 2. The van der Waals surface area contributed by atoms with Gasteiger partial charge in [-0.15, -0.1) is 0 Å². The van der Waals surface area contributed by atoms with Crippen LogP contribution in [0.3, 0.4) is 0 Å². The molecular formula is C20H22N4. The zero-order valence-electron chi connectivity index (χ0n) is 14.5. The maximum atomic E-state index is 4.81. The third-order valence-electron chi connectivity index (χ3n) is 3.92. The highest BCUT2D eigenvalue weighted by Crippen LogP contribution is 2.24. The fourth-order valence-electron chi connectivity index (χ4n) is 2.78. The highest BCUT2D eigenvalue weighted by atomic mass is 15.1. The highest BCUT2D eigenvalue weighted by Gasteiger charge is 2.03. The third-order valence-corrected chi connectivity index (χ3v) is 3.92. The quantitative estimate of drug-likeness (QED) is 0.740. The Balaban J connectivity index is 2.03. The minimum Gasteiger partial charge on any atom is -0.326 e. The van der Waals surface area contributed by atoms with Gasteiger partial charge in [-0.25, -0.2) is 9.98 Å². The van der Waals surface area contributed by atoms with Gasteiger partial charge in [0.15, 0.2) is 0 Å². The van der Waals surface area contributed by atoms with E-state index in [1.165, 1.54) is 16.7 Å². The zero-order chi connectivity index (χ0) is 17.1. The molecule has 2 heterocycles. The molecule has 4 heteroatoms. The first-order valence-electron chi connectivity index (χ1n) is 8.03. The molecule has 1 aromatic carbocycles. The van der Waals surface area contributed by atoms with Gasteiger partial charge in [-0.3, -0.25) is 0 Å². The van der Waals surface area contributed by atoms with Crippen LogP contribution in [0.5, 0.6) is 0 Å². The third kappa shape index (κ3) is 3.54. The van der Waals surface area contributed by atoms with Crippen molar-refractivity contribution in [3.63, 3.8) is 0 Å². The SMILES string of the molecule is Cc1cc(C)c(/N=c2\ccc(C)c(Nc3ccccn3)[nH]2)c(C)c1. The molecule has 0 saturated heterocycles. The van der Waals surface area contributed by atoms with Crippen LogP contribution in [0.1, 0.15) is 22.3 Å². The first kappa shape index (κ1) is 16.0. The molecule has 0 fully saturated rings. The summed E-state index contributed by atoms with van der Waals surface area (Å²) in [5, 5.41) is 3.31. The number of anilines is 2. The van der Waals surface area contributed by atoms with Crippen molar-refractivity contribution >= 4 is 17.3 Å². The zero-order valence-corrected chi connectivity index (χ0v) is 14.5. The molecule has 24 heavy (non-hydrogen) atoms. The Bertz CT molecular complexity index is 901. The fraction of sp³-hybridized carbons (Fsp3) is 0.200. The minimum atomic E-state index is 0.802. The Morgan fingerprint density at radius 1 is 0.917 bits per heavy atom. The van der Waals surface area contributed by atoms with Crippen molar-refractivity contribution in [2.24, 2.45) is 4.99 Å². The van der Waals surface area contributed by atoms with Crippen LogP contribution in [-0.2, 0) is 0 Å². The molecule has 0 saturated carbocycles. The summed E-state index contributed by atoms with van der Waals surface area (Å²) in [6.07, 6.45) is 1.77. The van der Waals surface area contributed by atoms with Crippen molar-refractivity contribution in [3.05, 3.63) is 76.4 Å². The van der Waals surface area contributed by atoms with Gasteiger partial charge in [-0.1, -0.05) is 29.8 Å². The van der Waals surface area contributed by atoms with Crippen LogP contribution in [0.25, 0.3) is 0 Å². The van der Waals surface area contributed by atoms with Crippen LogP contribution in [0.15, 0.2) is 53.7 Å². The van der Waals surface area contributed by atoms with Crippen molar-refractivity contribution < 1.29 is 0 Å². The van der Waals surface area contributed by atoms with Gasteiger partial charge >= 0.3 is 0 Å². The molecule has 0 atom stereocenters. The number of H-pyrrole nitrogens is 1. The van der Waals surface area contributed by atoms with E-state index in [2.05, 4.69) is 54.3 Å². The second kappa shape index (κ2) is 6.71. The second-order valence-corrected chi connectivity index (χ2v) is 6.10. The van der Waals surface area contributed by atoms with Crippen molar-refractivity contribution in [3.8, 4) is 0 Å². The Morgan fingerprint density at radius 3 is 2.33 bits per heavy atom. The highest BCUT2D eigenvalue weighted by molar-refractivity contribution is 5.56. The van der Waals surface area contributed by atoms with E-state index < -0.39 is 0 Å². The first-order chi connectivity index (χ1) is 11.5. The topological polar surface area (TPSA) is 53.1 Å². The van der Waals surface area contributed by atoms with E-state index in [9.17, 15) is 0 Å². The number of rotatable bonds is 3. The maximum absolute atomic E-state index is 4.81. The van der Waals surface area contributed by atoms with Gasteiger partial charge in [0.2, 0.25) is 0 Å². The number of aromatic amines is 1. The molecule has 0 aliphatic carbocycles. The van der Waals surface area contributed by atoms with Gasteiger partial charge in [0, 0.05) is 6.20 Å². The van der Waals surface area contributed by atoms with E-state index >= 15 is 0 Å². The van der Waals surface area contributed by atoms with E-state index in [-0.39, 0.29) is 0 Å². The van der Waals surface area contributed by atoms with E-state index in [1.54, 1.807) is 6.20 Å². The minimum absolute atomic E-state index is 0.802. The van der Waals surface area contributed by atoms with Crippen molar-refractivity contribution in [1.82, 2.24) is 9.97 Å². The predicted octanol–water partition coefficient (Wildman–Crippen LogP) is 4.62. The van der Waals surface area contributed by atoms with Crippen molar-refractivity contribution in [2.45, 2.75) is 27.7 Å². The average Bonchev–Trinajstić information content (AvgIpc) is 2.55. The molecule has 122 valence electrons. The number of benzene rings is 1. The molecule has 0 aliphatic heterocycles. The number of pyridine rings is 2. The molecule has 0 spiro atoms. The largest absolute Gasteiger partial charge is 0.326 e. The molecule has 2 aromatic heterocycles. The lowest BCUT2D eigenvalue weighted by Gasteiger charge is -2.10. The molecule has 3 aromatic rings. The van der Waals surface area contributed by atoms with Crippen LogP contribution >= 0.6 is 0 Å². The van der Waals surface area contributed by atoms with E-state index in [0.29, 0.717) is 0 Å². The summed E-state index contributed by atoms with van der Waals surface area (Å²) in [6, 6.07) is 14.2. The number of aryl methyl sites for hydroxylation is 4. The Labute approximate surface area is 142 Å². The number of nitrogens with one attached hydrogen (secondary N) is 2. The normalized spacial score (nSPS) is 11.6. The number of nitrogens with zero attached hydrogens (tertiary/aromatic N) is 2. The van der Waals surface area contributed by atoms with Crippen LogP contribution < -0.4 is 10.8 Å². The number of hydrogen-bond acceptors (Lipinski definition) is 3. The van der Waals surface area contributed by atoms with Crippen molar-refractivity contribution in [2.75, 3.05) is 5.32 Å².